The van der Waals surface area contributed by atoms with Crippen molar-refractivity contribution in [2.75, 3.05) is 50.9 Å². The van der Waals surface area contributed by atoms with Crippen LogP contribution >= 0.6 is 0 Å². The first-order valence-electron chi connectivity index (χ1n) is 7.17. The second kappa shape index (κ2) is 6.61. The van der Waals surface area contributed by atoms with Crippen molar-refractivity contribution >= 4 is 17.3 Å². The second-order valence-corrected chi connectivity index (χ2v) is 5.32. The van der Waals surface area contributed by atoms with E-state index in [1.54, 1.807) is 19.2 Å². The van der Waals surface area contributed by atoms with Gasteiger partial charge in [-0.05, 0) is 44.1 Å². The predicted octanol–water partition coefficient (Wildman–Crippen LogP) is 1.16. The summed E-state index contributed by atoms with van der Waals surface area (Å²) >= 11 is 0. The molecule has 0 saturated carbocycles. The Bertz CT molecular complexity index is 469. The van der Waals surface area contributed by atoms with Gasteiger partial charge in [0.15, 0.2) is 0 Å². The van der Waals surface area contributed by atoms with Gasteiger partial charge < -0.3 is 20.9 Å². The second-order valence-electron chi connectivity index (χ2n) is 5.32. The van der Waals surface area contributed by atoms with E-state index in [1.165, 1.54) is 25.9 Å². The normalized spacial score (nSPS) is 15.3. The van der Waals surface area contributed by atoms with E-state index in [2.05, 4.69) is 15.1 Å². The first kappa shape index (κ1) is 14.7. The Morgan fingerprint density at radius 1 is 1.40 bits per heavy atom. The van der Waals surface area contributed by atoms with Crippen molar-refractivity contribution in [2.24, 2.45) is 0 Å². The van der Waals surface area contributed by atoms with Crippen LogP contribution in [0.25, 0.3) is 0 Å². The number of hydrogen-bond donors (Lipinski definition) is 2. The minimum absolute atomic E-state index is 0.0841. The number of benzene rings is 1. The summed E-state index contributed by atoms with van der Waals surface area (Å²) in [6.45, 7) is 4.35. The van der Waals surface area contributed by atoms with Gasteiger partial charge in [-0.15, -0.1) is 0 Å². The molecule has 1 saturated heterocycles. The van der Waals surface area contributed by atoms with Gasteiger partial charge in [-0.3, -0.25) is 4.79 Å². The molecule has 20 heavy (non-hydrogen) atoms. The highest BCUT2D eigenvalue weighted by molar-refractivity contribution is 5.96. The third-order valence-corrected chi connectivity index (χ3v) is 3.88. The Morgan fingerprint density at radius 3 is 2.75 bits per heavy atom. The Morgan fingerprint density at radius 2 is 2.10 bits per heavy atom. The highest BCUT2D eigenvalue weighted by Crippen LogP contribution is 2.23. The number of likely N-dealkylation sites (N-methyl/N-ethyl adjacent to an activating group) is 1. The van der Waals surface area contributed by atoms with Crippen molar-refractivity contribution in [3.8, 4) is 0 Å². The van der Waals surface area contributed by atoms with Crippen molar-refractivity contribution < 1.29 is 4.79 Å². The molecule has 0 spiro atoms. The maximum atomic E-state index is 11.7. The monoisotopic (exact) mass is 276 g/mol. The molecule has 1 heterocycles. The molecule has 110 valence electrons. The molecule has 0 aliphatic carbocycles. The van der Waals surface area contributed by atoms with Gasteiger partial charge in [0, 0.05) is 32.7 Å². The first-order chi connectivity index (χ1) is 9.61. The molecular weight excluding hydrogens is 252 g/mol. The Hall–Kier alpha value is -1.75. The summed E-state index contributed by atoms with van der Waals surface area (Å²) in [5.41, 5.74) is 8.30. The SMILES string of the molecule is CNC(=O)c1ccc(N)c(N(C)CCN2CCCC2)c1. The summed E-state index contributed by atoms with van der Waals surface area (Å²) in [6, 6.07) is 5.41. The number of carbonyl (C=O) groups excluding carboxylic acids is 1. The smallest absolute Gasteiger partial charge is 0.251 e. The average Bonchev–Trinajstić information content (AvgIpc) is 2.97. The van der Waals surface area contributed by atoms with E-state index in [1.807, 2.05) is 13.1 Å². The maximum Gasteiger partial charge on any atom is 0.251 e. The molecule has 1 fully saturated rings. The number of rotatable bonds is 5. The molecule has 1 aromatic carbocycles. The minimum atomic E-state index is -0.0841. The Balaban J connectivity index is 2.03. The van der Waals surface area contributed by atoms with Crippen LogP contribution in [-0.4, -0.2) is 51.1 Å². The zero-order valence-electron chi connectivity index (χ0n) is 12.4. The summed E-state index contributed by atoms with van der Waals surface area (Å²) in [7, 11) is 3.66. The van der Waals surface area contributed by atoms with E-state index < -0.39 is 0 Å². The lowest BCUT2D eigenvalue weighted by Gasteiger charge is -2.24. The van der Waals surface area contributed by atoms with Gasteiger partial charge in [0.25, 0.3) is 5.91 Å². The maximum absolute atomic E-state index is 11.7. The van der Waals surface area contributed by atoms with Gasteiger partial charge in [0.2, 0.25) is 0 Å². The van der Waals surface area contributed by atoms with Crippen molar-refractivity contribution in [2.45, 2.75) is 12.8 Å². The van der Waals surface area contributed by atoms with Gasteiger partial charge in [-0.1, -0.05) is 0 Å². The zero-order chi connectivity index (χ0) is 14.5. The van der Waals surface area contributed by atoms with Crippen molar-refractivity contribution in [3.05, 3.63) is 23.8 Å². The average molecular weight is 276 g/mol. The number of carbonyl (C=O) groups is 1. The van der Waals surface area contributed by atoms with Gasteiger partial charge >= 0.3 is 0 Å². The van der Waals surface area contributed by atoms with Crippen LogP contribution in [-0.2, 0) is 0 Å². The molecule has 0 aromatic heterocycles. The summed E-state index contributed by atoms with van der Waals surface area (Å²) < 4.78 is 0. The molecule has 1 amide bonds. The lowest BCUT2D eigenvalue weighted by molar-refractivity contribution is 0.0963. The van der Waals surface area contributed by atoms with Gasteiger partial charge in [-0.25, -0.2) is 0 Å². The standard InChI is InChI=1S/C15H24N4O/c1-17-15(20)12-5-6-13(16)14(11-12)18(2)9-10-19-7-3-4-8-19/h5-6,11H,3-4,7-10,16H2,1-2H3,(H,17,20). The van der Waals surface area contributed by atoms with Crippen LogP contribution in [0.5, 0.6) is 0 Å². The molecule has 1 aromatic rings. The molecule has 0 unspecified atom stereocenters. The molecular formula is C15H24N4O. The van der Waals surface area contributed by atoms with Crippen molar-refractivity contribution in [1.29, 1.82) is 0 Å². The minimum Gasteiger partial charge on any atom is -0.397 e. The number of anilines is 2. The van der Waals surface area contributed by atoms with Crippen LogP contribution in [0.4, 0.5) is 11.4 Å². The summed E-state index contributed by atoms with van der Waals surface area (Å²) in [5.74, 6) is -0.0841. The molecule has 3 N–H and O–H groups in total. The van der Waals surface area contributed by atoms with Crippen LogP contribution in [0.2, 0.25) is 0 Å². The molecule has 0 bridgehead atoms. The molecule has 1 aliphatic heterocycles. The quantitative estimate of drug-likeness (QED) is 0.792. The first-order valence-corrected chi connectivity index (χ1v) is 7.17. The Labute approximate surface area is 120 Å². The molecule has 5 nitrogen and oxygen atoms in total. The van der Waals surface area contributed by atoms with Crippen LogP contribution in [0.1, 0.15) is 23.2 Å². The fourth-order valence-electron chi connectivity index (χ4n) is 2.58. The van der Waals surface area contributed by atoms with E-state index in [-0.39, 0.29) is 5.91 Å². The van der Waals surface area contributed by atoms with E-state index in [0.29, 0.717) is 11.3 Å². The van der Waals surface area contributed by atoms with E-state index in [0.717, 1.165) is 18.8 Å². The fraction of sp³-hybridized carbons (Fsp3) is 0.533. The molecule has 5 heteroatoms. The Kier molecular flexibility index (Phi) is 4.84. The molecule has 0 radical (unpaired) electrons. The van der Waals surface area contributed by atoms with E-state index >= 15 is 0 Å². The molecule has 2 rings (SSSR count). The van der Waals surface area contributed by atoms with Gasteiger partial charge in [0.1, 0.15) is 0 Å². The van der Waals surface area contributed by atoms with Gasteiger partial charge in [-0.2, -0.15) is 0 Å². The van der Waals surface area contributed by atoms with Crippen LogP contribution < -0.4 is 16.0 Å². The van der Waals surface area contributed by atoms with Gasteiger partial charge in [0.05, 0.1) is 11.4 Å². The lowest BCUT2D eigenvalue weighted by Crippen LogP contribution is -2.32. The van der Waals surface area contributed by atoms with Crippen LogP contribution in [0.15, 0.2) is 18.2 Å². The largest absolute Gasteiger partial charge is 0.397 e. The van der Waals surface area contributed by atoms with Crippen LogP contribution in [0.3, 0.4) is 0 Å². The van der Waals surface area contributed by atoms with Crippen molar-refractivity contribution in [1.82, 2.24) is 10.2 Å². The van der Waals surface area contributed by atoms with E-state index in [4.69, 9.17) is 5.73 Å². The number of nitrogen functional groups attached to an aromatic ring is 1. The lowest BCUT2D eigenvalue weighted by atomic mass is 10.1. The van der Waals surface area contributed by atoms with E-state index in [9.17, 15) is 4.79 Å². The molecule has 0 atom stereocenters. The highest BCUT2D eigenvalue weighted by Gasteiger charge is 2.14. The predicted molar refractivity (Wildman–Crippen MR) is 83.2 cm³/mol. The third kappa shape index (κ3) is 3.42. The van der Waals surface area contributed by atoms with Crippen molar-refractivity contribution in [3.63, 3.8) is 0 Å². The topological polar surface area (TPSA) is 61.6 Å². The number of hydrogen-bond acceptors (Lipinski definition) is 4. The van der Waals surface area contributed by atoms with Crippen LogP contribution in [0, 0.1) is 0 Å². The zero-order valence-corrected chi connectivity index (χ0v) is 12.4. The number of nitrogens with two attached hydrogens (primary N) is 1. The highest BCUT2D eigenvalue weighted by atomic mass is 16.1. The summed E-state index contributed by atoms with van der Waals surface area (Å²) in [6.07, 6.45) is 2.61. The number of nitrogens with one attached hydrogen (secondary N) is 1. The number of likely N-dealkylation sites (tertiary alicyclic amines) is 1. The summed E-state index contributed by atoms with van der Waals surface area (Å²) in [4.78, 5) is 16.3. The third-order valence-electron chi connectivity index (χ3n) is 3.88. The number of amides is 1. The molecule has 1 aliphatic rings. The fourth-order valence-corrected chi connectivity index (χ4v) is 2.58. The summed E-state index contributed by atoms with van der Waals surface area (Å²) in [5, 5.41) is 2.64. The number of nitrogens with zero attached hydrogens (tertiary/aromatic N) is 2.